The molecule has 1 amide bonds. The van der Waals surface area contributed by atoms with Crippen LogP contribution in [0.2, 0.25) is 0 Å². The van der Waals surface area contributed by atoms with E-state index in [1.807, 2.05) is 0 Å². The summed E-state index contributed by atoms with van der Waals surface area (Å²) in [6.45, 7) is 7.33. The van der Waals surface area contributed by atoms with Gasteiger partial charge in [0, 0.05) is 6.07 Å². The molecule has 0 aliphatic heterocycles. The van der Waals surface area contributed by atoms with E-state index in [0.29, 0.717) is 5.56 Å². The van der Waals surface area contributed by atoms with Gasteiger partial charge >= 0.3 is 11.8 Å². The molecule has 0 saturated carbocycles. The number of carbonyl (C=O) groups excluding carboxylic acids is 1. The predicted molar refractivity (Wildman–Crippen MR) is 77.6 cm³/mol. The van der Waals surface area contributed by atoms with Crippen LogP contribution in [-0.4, -0.2) is 29.8 Å². The largest absolute Gasteiger partial charge is 0.485 e. The zero-order valence-corrected chi connectivity index (χ0v) is 12.6. The third-order valence-corrected chi connectivity index (χ3v) is 2.40. The fourth-order valence-corrected chi connectivity index (χ4v) is 1.59. The van der Waals surface area contributed by atoms with Crippen molar-refractivity contribution in [1.82, 2.24) is 5.32 Å². The van der Waals surface area contributed by atoms with Crippen molar-refractivity contribution in [3.05, 3.63) is 33.9 Å². The number of hydrogen-bond donors (Lipinski definition) is 1. The highest BCUT2D eigenvalue weighted by molar-refractivity contribution is 5.67. The van der Waals surface area contributed by atoms with E-state index in [2.05, 4.69) is 5.32 Å². The third-order valence-electron chi connectivity index (χ3n) is 2.40. The molecule has 0 radical (unpaired) electrons. The van der Waals surface area contributed by atoms with E-state index in [9.17, 15) is 14.9 Å². The van der Waals surface area contributed by atoms with Crippen LogP contribution in [-0.2, 0) is 4.74 Å². The van der Waals surface area contributed by atoms with E-state index in [1.54, 1.807) is 39.8 Å². The number of ether oxygens (including phenoxy) is 2. The highest BCUT2D eigenvalue weighted by Gasteiger charge is 2.18. The molecule has 0 saturated heterocycles. The molecule has 116 valence electrons. The standard InChI is InChI=1S/C14H20N2O5/c1-10-6-5-7-11(16(18)19)12(10)20-9-8-15-13(17)21-14(2,3)4/h5-7H,8-9H2,1-4H3,(H,15,17). The van der Waals surface area contributed by atoms with Crippen molar-refractivity contribution in [3.8, 4) is 5.75 Å². The molecule has 21 heavy (non-hydrogen) atoms. The maximum absolute atomic E-state index is 11.4. The Morgan fingerprint density at radius 3 is 2.62 bits per heavy atom. The molecule has 7 nitrogen and oxygen atoms in total. The van der Waals surface area contributed by atoms with Crippen LogP contribution in [0.15, 0.2) is 18.2 Å². The number of hydrogen-bond acceptors (Lipinski definition) is 5. The molecule has 0 heterocycles. The molecule has 1 aromatic rings. The molecule has 1 rings (SSSR count). The summed E-state index contributed by atoms with van der Waals surface area (Å²) in [7, 11) is 0. The number of aryl methyl sites for hydroxylation is 1. The molecule has 0 bridgehead atoms. The summed E-state index contributed by atoms with van der Waals surface area (Å²) >= 11 is 0. The quantitative estimate of drug-likeness (QED) is 0.512. The van der Waals surface area contributed by atoms with Gasteiger partial charge in [0.15, 0.2) is 5.75 Å². The topological polar surface area (TPSA) is 90.7 Å². The number of rotatable bonds is 5. The smallest absolute Gasteiger partial charge is 0.407 e. The number of amides is 1. The number of nitro groups is 1. The summed E-state index contributed by atoms with van der Waals surface area (Å²) in [5.74, 6) is 0.216. The molecule has 1 aromatic carbocycles. The first-order chi connectivity index (χ1) is 9.70. The van der Waals surface area contributed by atoms with Gasteiger partial charge in [-0.3, -0.25) is 10.1 Å². The molecule has 0 aromatic heterocycles. The first-order valence-corrected chi connectivity index (χ1v) is 6.54. The van der Waals surface area contributed by atoms with Crippen LogP contribution in [0.1, 0.15) is 26.3 Å². The van der Waals surface area contributed by atoms with Gasteiger partial charge in [0.05, 0.1) is 11.5 Å². The Hall–Kier alpha value is -2.31. The molecule has 0 aliphatic carbocycles. The van der Waals surface area contributed by atoms with Gasteiger partial charge in [-0.15, -0.1) is 0 Å². The highest BCUT2D eigenvalue weighted by Crippen LogP contribution is 2.29. The lowest BCUT2D eigenvalue weighted by atomic mass is 10.2. The summed E-state index contributed by atoms with van der Waals surface area (Å²) in [5.41, 5.74) is 0.00784. The number of benzene rings is 1. The van der Waals surface area contributed by atoms with Gasteiger partial charge in [-0.1, -0.05) is 12.1 Å². The lowest BCUT2D eigenvalue weighted by molar-refractivity contribution is -0.385. The molecular formula is C14H20N2O5. The van der Waals surface area contributed by atoms with E-state index < -0.39 is 16.6 Å². The normalized spacial score (nSPS) is 10.9. The Bertz CT molecular complexity index is 523. The van der Waals surface area contributed by atoms with E-state index in [0.717, 1.165) is 0 Å². The SMILES string of the molecule is Cc1cccc([N+](=O)[O-])c1OCCNC(=O)OC(C)(C)C. The van der Waals surface area contributed by atoms with Gasteiger partial charge < -0.3 is 14.8 Å². The predicted octanol–water partition coefficient (Wildman–Crippen LogP) is 2.81. The molecule has 0 atom stereocenters. The third kappa shape index (κ3) is 5.68. The molecule has 1 N–H and O–H groups in total. The summed E-state index contributed by atoms with van der Waals surface area (Å²) in [6, 6.07) is 4.70. The number of nitrogens with one attached hydrogen (secondary N) is 1. The second kappa shape index (κ2) is 6.92. The second-order valence-corrected chi connectivity index (χ2v) is 5.46. The first kappa shape index (κ1) is 16.7. The van der Waals surface area contributed by atoms with Crippen molar-refractivity contribution in [2.24, 2.45) is 0 Å². The van der Waals surface area contributed by atoms with Crippen LogP contribution in [0, 0.1) is 17.0 Å². The van der Waals surface area contributed by atoms with E-state index in [-0.39, 0.29) is 24.6 Å². The maximum Gasteiger partial charge on any atom is 0.407 e. The summed E-state index contributed by atoms with van der Waals surface area (Å²) in [6.07, 6.45) is -0.551. The average Bonchev–Trinajstić information content (AvgIpc) is 2.33. The number of carbonyl (C=O) groups is 1. The monoisotopic (exact) mass is 296 g/mol. The second-order valence-electron chi connectivity index (χ2n) is 5.46. The molecule has 7 heteroatoms. The Kier molecular flexibility index (Phi) is 5.52. The van der Waals surface area contributed by atoms with Crippen molar-refractivity contribution in [2.75, 3.05) is 13.2 Å². The number of alkyl carbamates (subject to hydrolysis) is 1. The van der Waals surface area contributed by atoms with Crippen molar-refractivity contribution < 1.29 is 19.2 Å². The Labute approximate surface area is 123 Å². The Balaban J connectivity index is 2.50. The molecule has 0 fully saturated rings. The molecule has 0 aliphatic rings. The van der Waals surface area contributed by atoms with Crippen LogP contribution in [0.5, 0.6) is 5.75 Å². The minimum absolute atomic E-state index is 0.0905. The van der Waals surface area contributed by atoms with Crippen LogP contribution >= 0.6 is 0 Å². The number of nitrogens with zero attached hydrogens (tertiary/aromatic N) is 1. The minimum Gasteiger partial charge on any atom is -0.485 e. The van der Waals surface area contributed by atoms with Crippen molar-refractivity contribution in [2.45, 2.75) is 33.3 Å². The number of nitro benzene ring substituents is 1. The van der Waals surface area contributed by atoms with Gasteiger partial charge in [0.25, 0.3) is 0 Å². The lowest BCUT2D eigenvalue weighted by Gasteiger charge is -2.19. The van der Waals surface area contributed by atoms with E-state index in [1.165, 1.54) is 6.07 Å². The lowest BCUT2D eigenvalue weighted by Crippen LogP contribution is -2.34. The average molecular weight is 296 g/mol. The highest BCUT2D eigenvalue weighted by atomic mass is 16.6. The van der Waals surface area contributed by atoms with Gasteiger partial charge in [-0.05, 0) is 33.3 Å². The zero-order chi connectivity index (χ0) is 16.0. The van der Waals surface area contributed by atoms with Crippen molar-refractivity contribution in [1.29, 1.82) is 0 Å². The minimum atomic E-state index is -0.570. The summed E-state index contributed by atoms with van der Waals surface area (Å²) in [5, 5.41) is 13.4. The van der Waals surface area contributed by atoms with Gasteiger partial charge in [-0.25, -0.2) is 4.79 Å². The van der Waals surface area contributed by atoms with Crippen LogP contribution < -0.4 is 10.1 Å². The van der Waals surface area contributed by atoms with Crippen molar-refractivity contribution >= 4 is 11.8 Å². The summed E-state index contributed by atoms with van der Waals surface area (Å²) in [4.78, 5) is 21.8. The first-order valence-electron chi connectivity index (χ1n) is 6.54. The fraction of sp³-hybridized carbons (Fsp3) is 0.500. The van der Waals surface area contributed by atoms with Gasteiger partial charge in [-0.2, -0.15) is 0 Å². The van der Waals surface area contributed by atoms with E-state index in [4.69, 9.17) is 9.47 Å². The van der Waals surface area contributed by atoms with Gasteiger partial charge in [0.1, 0.15) is 12.2 Å². The van der Waals surface area contributed by atoms with E-state index >= 15 is 0 Å². The van der Waals surface area contributed by atoms with Gasteiger partial charge in [0.2, 0.25) is 0 Å². The number of para-hydroxylation sites is 1. The maximum atomic E-state index is 11.4. The Morgan fingerprint density at radius 2 is 2.05 bits per heavy atom. The van der Waals surface area contributed by atoms with Crippen LogP contribution in [0.3, 0.4) is 0 Å². The van der Waals surface area contributed by atoms with Crippen molar-refractivity contribution in [3.63, 3.8) is 0 Å². The fourth-order valence-electron chi connectivity index (χ4n) is 1.59. The summed E-state index contributed by atoms with van der Waals surface area (Å²) < 4.78 is 10.5. The molecule has 0 spiro atoms. The molecule has 0 unspecified atom stereocenters. The van der Waals surface area contributed by atoms with Crippen LogP contribution in [0.25, 0.3) is 0 Å². The Morgan fingerprint density at radius 1 is 1.38 bits per heavy atom. The zero-order valence-electron chi connectivity index (χ0n) is 12.6. The molecular weight excluding hydrogens is 276 g/mol. The van der Waals surface area contributed by atoms with Crippen LogP contribution in [0.4, 0.5) is 10.5 Å².